The highest BCUT2D eigenvalue weighted by Crippen LogP contribution is 2.50. The summed E-state index contributed by atoms with van der Waals surface area (Å²) in [5.41, 5.74) is 1.17. The van der Waals surface area contributed by atoms with Gasteiger partial charge in [0, 0.05) is 6.54 Å². The molecule has 0 aliphatic heterocycles. The predicted octanol–water partition coefficient (Wildman–Crippen LogP) is 5.05. The first-order chi connectivity index (χ1) is 12.5. The van der Waals surface area contributed by atoms with E-state index in [1.807, 2.05) is 18.2 Å². The van der Waals surface area contributed by atoms with Gasteiger partial charge in [-0.25, -0.2) is 8.78 Å². The van der Waals surface area contributed by atoms with E-state index in [1.165, 1.54) is 11.6 Å². The van der Waals surface area contributed by atoms with Crippen LogP contribution in [-0.4, -0.2) is 18.5 Å². The van der Waals surface area contributed by atoms with Gasteiger partial charge >= 0.3 is 0 Å². The molecule has 0 radical (unpaired) electrons. The van der Waals surface area contributed by atoms with Crippen molar-refractivity contribution in [3.63, 3.8) is 0 Å². The van der Waals surface area contributed by atoms with Crippen LogP contribution >= 0.6 is 0 Å². The minimum atomic E-state index is -0.871. The molecule has 0 aromatic heterocycles. The summed E-state index contributed by atoms with van der Waals surface area (Å²) in [4.78, 5) is 2.23. The molecule has 1 atom stereocenters. The van der Waals surface area contributed by atoms with E-state index >= 15 is 0 Å². The molecule has 0 amide bonds. The zero-order valence-corrected chi connectivity index (χ0v) is 15.1. The molecule has 1 aliphatic carbocycles. The number of hydrogen-bond donors (Lipinski definition) is 0. The first-order valence-electron chi connectivity index (χ1n) is 9.14. The second-order valence-electron chi connectivity index (χ2n) is 7.31. The number of nitriles is 1. The molecular formula is C22H24F2N2. The molecule has 2 aromatic carbocycles. The Morgan fingerprint density at radius 1 is 1.12 bits per heavy atom. The van der Waals surface area contributed by atoms with Gasteiger partial charge in [-0.2, -0.15) is 5.26 Å². The summed E-state index contributed by atoms with van der Waals surface area (Å²) in [6, 6.07) is 16.6. The van der Waals surface area contributed by atoms with Gasteiger partial charge in [0.1, 0.15) is 0 Å². The molecule has 26 heavy (non-hydrogen) atoms. The fraction of sp³-hybridized carbons (Fsp3) is 0.409. The first kappa shape index (κ1) is 18.5. The number of halogens is 2. The topological polar surface area (TPSA) is 27.0 Å². The monoisotopic (exact) mass is 354 g/mol. The second kappa shape index (κ2) is 7.97. The maximum atomic E-state index is 13.7. The van der Waals surface area contributed by atoms with Crippen molar-refractivity contribution < 1.29 is 8.78 Å². The van der Waals surface area contributed by atoms with Crippen LogP contribution in [0.4, 0.5) is 8.78 Å². The molecule has 0 bridgehead atoms. The Hall–Kier alpha value is -2.25. The predicted molar refractivity (Wildman–Crippen MR) is 98.4 cm³/mol. The van der Waals surface area contributed by atoms with E-state index in [2.05, 4.69) is 30.1 Å². The van der Waals surface area contributed by atoms with Gasteiger partial charge in [-0.05, 0) is 68.5 Å². The Balaban J connectivity index is 1.66. The molecule has 0 spiro atoms. The van der Waals surface area contributed by atoms with Crippen molar-refractivity contribution >= 4 is 0 Å². The Kier molecular flexibility index (Phi) is 5.68. The number of hydrogen-bond acceptors (Lipinski definition) is 2. The van der Waals surface area contributed by atoms with Crippen molar-refractivity contribution in [1.82, 2.24) is 4.90 Å². The lowest BCUT2D eigenvalue weighted by Gasteiger charge is -2.28. The molecule has 1 saturated carbocycles. The molecule has 136 valence electrons. The highest BCUT2D eigenvalue weighted by molar-refractivity contribution is 5.36. The van der Waals surface area contributed by atoms with Crippen molar-refractivity contribution in [1.29, 1.82) is 5.26 Å². The third-order valence-corrected chi connectivity index (χ3v) is 5.31. The van der Waals surface area contributed by atoms with Crippen LogP contribution in [-0.2, 0) is 12.0 Å². The molecule has 1 fully saturated rings. The molecular weight excluding hydrogens is 330 g/mol. The lowest BCUT2D eigenvalue weighted by molar-refractivity contribution is 0.299. The maximum absolute atomic E-state index is 13.7. The molecule has 2 nitrogen and oxygen atoms in total. The van der Waals surface area contributed by atoms with Crippen LogP contribution in [0.1, 0.15) is 36.8 Å². The first-order valence-corrected chi connectivity index (χ1v) is 9.14. The van der Waals surface area contributed by atoms with Gasteiger partial charge in [-0.1, -0.05) is 36.4 Å². The third kappa shape index (κ3) is 4.11. The summed E-state index contributed by atoms with van der Waals surface area (Å²) in [5, 5.41) is 9.92. The highest BCUT2D eigenvalue weighted by atomic mass is 19.2. The van der Waals surface area contributed by atoms with Gasteiger partial charge in [-0.3, -0.25) is 0 Å². The summed E-state index contributed by atoms with van der Waals surface area (Å²) in [6.07, 6.45) is 3.46. The van der Waals surface area contributed by atoms with E-state index in [9.17, 15) is 14.0 Å². The zero-order chi connectivity index (χ0) is 18.6. The Labute approximate surface area is 154 Å². The van der Waals surface area contributed by atoms with E-state index < -0.39 is 17.0 Å². The average molecular weight is 354 g/mol. The van der Waals surface area contributed by atoms with E-state index in [1.54, 1.807) is 6.07 Å². The summed E-state index contributed by atoms with van der Waals surface area (Å²) >= 11 is 0. The highest BCUT2D eigenvalue weighted by Gasteiger charge is 2.46. The molecule has 4 heteroatoms. The fourth-order valence-electron chi connectivity index (χ4n) is 3.75. The molecule has 2 aromatic rings. The number of benzene rings is 2. The molecule has 0 N–H and O–H groups in total. The van der Waals surface area contributed by atoms with Gasteiger partial charge in [0.25, 0.3) is 0 Å². The molecule has 0 heterocycles. The van der Waals surface area contributed by atoms with Gasteiger partial charge in [0.15, 0.2) is 11.6 Å². The van der Waals surface area contributed by atoms with Crippen LogP contribution in [0.15, 0.2) is 48.5 Å². The molecule has 3 rings (SSSR count). The summed E-state index contributed by atoms with van der Waals surface area (Å²) in [5.74, 6) is -1.49. The minimum absolute atomic E-state index is 0.247. The summed E-state index contributed by atoms with van der Waals surface area (Å²) < 4.78 is 27.0. The standard InChI is InChI=1S/C22H24F2N2/c1-26(15-17-6-3-2-4-7-17)13-5-12-22(16-25,18-8-9-18)19-10-11-20(23)21(24)14-19/h2-4,6-7,10-11,14,18H,5,8-9,12-13,15H2,1H3. The quantitative estimate of drug-likeness (QED) is 0.663. The summed E-state index contributed by atoms with van der Waals surface area (Å²) in [6.45, 7) is 1.71. The lowest BCUT2D eigenvalue weighted by Crippen LogP contribution is -2.29. The van der Waals surface area contributed by atoms with Crippen molar-refractivity contribution in [3.05, 3.63) is 71.3 Å². The van der Waals surface area contributed by atoms with Crippen molar-refractivity contribution in [2.45, 2.75) is 37.6 Å². The van der Waals surface area contributed by atoms with Crippen LogP contribution < -0.4 is 0 Å². The van der Waals surface area contributed by atoms with Crippen molar-refractivity contribution in [3.8, 4) is 6.07 Å². The SMILES string of the molecule is CN(CCCC(C#N)(c1ccc(F)c(F)c1)C1CC1)Cc1ccccc1. The summed E-state index contributed by atoms with van der Waals surface area (Å²) in [7, 11) is 2.07. The molecule has 1 unspecified atom stereocenters. The smallest absolute Gasteiger partial charge is 0.159 e. The van der Waals surface area contributed by atoms with Crippen LogP contribution in [0, 0.1) is 28.9 Å². The fourth-order valence-corrected chi connectivity index (χ4v) is 3.75. The van der Waals surface area contributed by atoms with Crippen LogP contribution in [0.25, 0.3) is 0 Å². The normalized spacial score (nSPS) is 16.3. The van der Waals surface area contributed by atoms with E-state index in [-0.39, 0.29) is 5.92 Å². The van der Waals surface area contributed by atoms with E-state index in [0.29, 0.717) is 12.0 Å². The molecule has 0 saturated heterocycles. The van der Waals surface area contributed by atoms with Crippen molar-refractivity contribution in [2.24, 2.45) is 5.92 Å². The van der Waals surface area contributed by atoms with Gasteiger partial charge in [0.05, 0.1) is 11.5 Å². The number of rotatable bonds is 8. The largest absolute Gasteiger partial charge is 0.302 e. The number of nitrogens with zero attached hydrogens (tertiary/aromatic N) is 2. The lowest BCUT2D eigenvalue weighted by atomic mass is 9.73. The van der Waals surface area contributed by atoms with Crippen LogP contribution in [0.3, 0.4) is 0 Å². The van der Waals surface area contributed by atoms with Gasteiger partial charge in [0.2, 0.25) is 0 Å². The molecule has 1 aliphatic rings. The maximum Gasteiger partial charge on any atom is 0.159 e. The van der Waals surface area contributed by atoms with E-state index in [0.717, 1.165) is 38.4 Å². The van der Waals surface area contributed by atoms with Crippen LogP contribution in [0.5, 0.6) is 0 Å². The van der Waals surface area contributed by atoms with Gasteiger partial charge < -0.3 is 4.90 Å². The average Bonchev–Trinajstić information content (AvgIpc) is 3.48. The van der Waals surface area contributed by atoms with E-state index in [4.69, 9.17) is 0 Å². The second-order valence-corrected chi connectivity index (χ2v) is 7.31. The van der Waals surface area contributed by atoms with Crippen molar-refractivity contribution in [2.75, 3.05) is 13.6 Å². The zero-order valence-electron chi connectivity index (χ0n) is 15.1. The minimum Gasteiger partial charge on any atom is -0.302 e. The third-order valence-electron chi connectivity index (χ3n) is 5.31. The van der Waals surface area contributed by atoms with Gasteiger partial charge in [-0.15, -0.1) is 0 Å². The van der Waals surface area contributed by atoms with Crippen LogP contribution in [0.2, 0.25) is 0 Å². The Bertz CT molecular complexity index is 780. The Morgan fingerprint density at radius 2 is 1.85 bits per heavy atom. The Morgan fingerprint density at radius 3 is 2.46 bits per heavy atom.